The number of hydrogen-bond donors (Lipinski definition) is 2. The van der Waals surface area contributed by atoms with Gasteiger partial charge in [0.1, 0.15) is 0 Å². The highest BCUT2D eigenvalue weighted by Crippen LogP contribution is 2.26. The third-order valence-electron chi connectivity index (χ3n) is 6.44. The van der Waals surface area contributed by atoms with Crippen LogP contribution in [0, 0.1) is 6.92 Å². The number of carboxylic acids is 1. The third-order valence-corrected chi connectivity index (χ3v) is 6.44. The minimum Gasteiger partial charge on any atom is -0.481 e. The maximum atomic E-state index is 13.3. The Kier molecular flexibility index (Phi) is 7.90. The van der Waals surface area contributed by atoms with E-state index in [9.17, 15) is 19.2 Å². The molecule has 1 saturated heterocycles. The second kappa shape index (κ2) is 11.3. The van der Waals surface area contributed by atoms with Gasteiger partial charge in [-0.1, -0.05) is 72.3 Å². The van der Waals surface area contributed by atoms with Crippen molar-refractivity contribution in [3.63, 3.8) is 0 Å². The van der Waals surface area contributed by atoms with Crippen LogP contribution in [0.4, 0.5) is 0 Å². The van der Waals surface area contributed by atoms with E-state index in [-0.39, 0.29) is 25.0 Å². The number of aryl methyl sites for hydroxylation is 2. The molecule has 0 bridgehead atoms. The SMILES string of the molecule is Cc1ccc(C[C@H](NC(=O)C2O[C@@H]2C(=O)CCC(=O)O)C(=O)CCc2cccc3ccccc23)cc1. The summed E-state index contributed by atoms with van der Waals surface area (Å²) < 4.78 is 5.23. The molecule has 36 heavy (non-hydrogen) atoms. The Morgan fingerprint density at radius 1 is 0.889 bits per heavy atom. The fraction of sp³-hybridized carbons (Fsp3) is 0.310. The lowest BCUT2D eigenvalue weighted by Gasteiger charge is -2.18. The van der Waals surface area contributed by atoms with Crippen LogP contribution in [-0.2, 0) is 36.8 Å². The molecule has 3 aromatic rings. The lowest BCUT2D eigenvalue weighted by atomic mass is 9.95. The van der Waals surface area contributed by atoms with E-state index < -0.39 is 35.9 Å². The Morgan fingerprint density at radius 2 is 1.61 bits per heavy atom. The molecule has 2 N–H and O–H groups in total. The quantitative estimate of drug-likeness (QED) is 0.378. The van der Waals surface area contributed by atoms with Gasteiger partial charge in [0.15, 0.2) is 23.8 Å². The number of rotatable bonds is 12. The Labute approximate surface area is 209 Å². The van der Waals surface area contributed by atoms with Crippen molar-refractivity contribution in [3.8, 4) is 0 Å². The smallest absolute Gasteiger partial charge is 0.303 e. The largest absolute Gasteiger partial charge is 0.481 e. The number of epoxide rings is 1. The Balaban J connectivity index is 1.43. The van der Waals surface area contributed by atoms with Gasteiger partial charge in [0.25, 0.3) is 5.91 Å². The average molecular weight is 488 g/mol. The van der Waals surface area contributed by atoms with Crippen LogP contribution in [0.1, 0.15) is 36.0 Å². The van der Waals surface area contributed by atoms with E-state index in [0.717, 1.165) is 27.5 Å². The van der Waals surface area contributed by atoms with Crippen molar-refractivity contribution in [3.05, 3.63) is 83.4 Å². The van der Waals surface area contributed by atoms with Crippen LogP contribution in [0.3, 0.4) is 0 Å². The molecule has 1 aliphatic rings. The number of ether oxygens (including phenoxy) is 1. The molecule has 7 nitrogen and oxygen atoms in total. The summed E-state index contributed by atoms with van der Waals surface area (Å²) in [7, 11) is 0. The standard InChI is InChI=1S/C29H29NO6/c1-18-9-11-19(12-10-18)17-23(30-29(35)28-27(36-28)25(32)15-16-26(33)34)24(31)14-13-21-7-4-6-20-5-2-3-8-22(20)21/h2-12,23,27-28H,13-17H2,1H3,(H,30,35)(H,33,34)/t23-,27+,28?/m0/s1. The third kappa shape index (κ3) is 6.43. The summed E-state index contributed by atoms with van der Waals surface area (Å²) in [6, 6.07) is 21.0. The molecule has 0 saturated carbocycles. The minimum absolute atomic E-state index is 0.105. The summed E-state index contributed by atoms with van der Waals surface area (Å²) in [6.07, 6.45) is -1.33. The molecule has 7 heteroatoms. The molecule has 186 valence electrons. The fourth-order valence-electron chi connectivity index (χ4n) is 4.33. The minimum atomic E-state index is -1.08. The summed E-state index contributed by atoms with van der Waals surface area (Å²) in [5.74, 6) is -2.14. The van der Waals surface area contributed by atoms with E-state index in [1.165, 1.54) is 0 Å². The maximum Gasteiger partial charge on any atom is 0.303 e. The van der Waals surface area contributed by atoms with E-state index in [1.807, 2.05) is 73.7 Å². The van der Waals surface area contributed by atoms with E-state index >= 15 is 0 Å². The molecule has 1 amide bonds. The molecule has 0 aliphatic carbocycles. The lowest BCUT2D eigenvalue weighted by Crippen LogP contribution is -2.45. The number of carbonyl (C=O) groups is 4. The Hall–Kier alpha value is -3.84. The van der Waals surface area contributed by atoms with Crippen LogP contribution in [0.5, 0.6) is 0 Å². The second-order valence-corrected chi connectivity index (χ2v) is 9.19. The van der Waals surface area contributed by atoms with E-state index in [1.54, 1.807) is 0 Å². The molecule has 0 spiro atoms. The second-order valence-electron chi connectivity index (χ2n) is 9.19. The predicted octanol–water partition coefficient (Wildman–Crippen LogP) is 3.58. The van der Waals surface area contributed by atoms with Crippen LogP contribution in [0.25, 0.3) is 10.8 Å². The van der Waals surface area contributed by atoms with Crippen LogP contribution in [-0.4, -0.2) is 46.8 Å². The zero-order valence-electron chi connectivity index (χ0n) is 20.1. The molecule has 3 atom stereocenters. The summed E-state index contributed by atoms with van der Waals surface area (Å²) in [4.78, 5) is 48.9. The molecular weight excluding hydrogens is 458 g/mol. The van der Waals surface area contributed by atoms with Crippen molar-refractivity contribution < 1.29 is 29.0 Å². The highest BCUT2D eigenvalue weighted by molar-refractivity contribution is 5.99. The topological polar surface area (TPSA) is 113 Å². The summed E-state index contributed by atoms with van der Waals surface area (Å²) in [5.41, 5.74) is 3.07. The number of nitrogens with one attached hydrogen (secondary N) is 1. The van der Waals surface area contributed by atoms with Gasteiger partial charge in [-0.15, -0.1) is 0 Å². The summed E-state index contributed by atoms with van der Waals surface area (Å²) in [5, 5.41) is 13.7. The van der Waals surface area contributed by atoms with Crippen LogP contribution in [0.15, 0.2) is 66.7 Å². The van der Waals surface area contributed by atoms with Crippen molar-refractivity contribution in [1.29, 1.82) is 0 Å². The number of carbonyl (C=O) groups excluding carboxylic acids is 3. The van der Waals surface area contributed by atoms with Crippen LogP contribution >= 0.6 is 0 Å². The molecule has 1 heterocycles. The molecule has 4 rings (SSSR count). The zero-order chi connectivity index (χ0) is 25.7. The first kappa shape index (κ1) is 25.3. The number of fused-ring (bicyclic) bond motifs is 1. The fourth-order valence-corrected chi connectivity index (χ4v) is 4.33. The molecule has 3 aromatic carbocycles. The monoisotopic (exact) mass is 487 g/mol. The number of carboxylic acid groups (broad SMARTS) is 1. The van der Waals surface area contributed by atoms with Gasteiger partial charge in [-0.05, 0) is 41.7 Å². The highest BCUT2D eigenvalue weighted by atomic mass is 16.6. The molecule has 1 unspecified atom stereocenters. The van der Waals surface area contributed by atoms with Gasteiger partial charge in [0.2, 0.25) is 0 Å². The number of benzene rings is 3. The van der Waals surface area contributed by atoms with Crippen molar-refractivity contribution in [2.45, 2.75) is 57.3 Å². The molecule has 1 fully saturated rings. The van der Waals surface area contributed by atoms with Gasteiger partial charge in [-0.3, -0.25) is 19.2 Å². The van der Waals surface area contributed by atoms with Gasteiger partial charge >= 0.3 is 5.97 Å². The first-order chi connectivity index (χ1) is 17.3. The predicted molar refractivity (Wildman–Crippen MR) is 135 cm³/mol. The number of amides is 1. The van der Waals surface area contributed by atoms with Gasteiger partial charge < -0.3 is 15.2 Å². The number of hydrogen-bond acceptors (Lipinski definition) is 5. The van der Waals surface area contributed by atoms with E-state index in [2.05, 4.69) is 5.32 Å². The van der Waals surface area contributed by atoms with Gasteiger partial charge in [-0.2, -0.15) is 0 Å². The molecule has 0 radical (unpaired) electrons. The number of ketones is 2. The normalized spacial score (nSPS) is 17.4. The van der Waals surface area contributed by atoms with Gasteiger partial charge in [0.05, 0.1) is 12.5 Å². The Morgan fingerprint density at radius 3 is 2.36 bits per heavy atom. The maximum absolute atomic E-state index is 13.3. The van der Waals surface area contributed by atoms with Crippen molar-refractivity contribution in [1.82, 2.24) is 5.32 Å². The lowest BCUT2D eigenvalue weighted by molar-refractivity contribution is -0.138. The Bertz CT molecular complexity index is 1280. The average Bonchev–Trinajstić information content (AvgIpc) is 3.68. The number of aliphatic carboxylic acids is 1. The summed E-state index contributed by atoms with van der Waals surface area (Å²) >= 11 is 0. The van der Waals surface area contributed by atoms with Crippen molar-refractivity contribution in [2.24, 2.45) is 0 Å². The van der Waals surface area contributed by atoms with Crippen molar-refractivity contribution in [2.75, 3.05) is 0 Å². The van der Waals surface area contributed by atoms with Gasteiger partial charge in [-0.25, -0.2) is 0 Å². The summed E-state index contributed by atoms with van der Waals surface area (Å²) in [6.45, 7) is 1.98. The molecule has 0 aromatic heterocycles. The van der Waals surface area contributed by atoms with Crippen LogP contribution in [0.2, 0.25) is 0 Å². The number of Topliss-reactive ketones (excluding diaryl/α,β-unsaturated/α-hetero) is 2. The highest BCUT2D eigenvalue weighted by Gasteiger charge is 2.50. The molecule has 1 aliphatic heterocycles. The van der Waals surface area contributed by atoms with Gasteiger partial charge in [0, 0.05) is 12.8 Å². The van der Waals surface area contributed by atoms with Crippen LogP contribution < -0.4 is 5.32 Å². The van der Waals surface area contributed by atoms with Crippen molar-refractivity contribution >= 4 is 34.2 Å². The zero-order valence-corrected chi connectivity index (χ0v) is 20.1. The molecular formula is C29H29NO6. The van der Waals surface area contributed by atoms with E-state index in [0.29, 0.717) is 12.8 Å². The van der Waals surface area contributed by atoms with E-state index in [4.69, 9.17) is 9.84 Å². The first-order valence-electron chi connectivity index (χ1n) is 12.1. The first-order valence-corrected chi connectivity index (χ1v) is 12.1.